The molecule has 0 aliphatic heterocycles. The molecule has 0 amide bonds. The lowest BCUT2D eigenvalue weighted by molar-refractivity contribution is 0.514. The number of hydrogen-bond acceptors (Lipinski definition) is 3. The molecule has 5 nitrogen and oxygen atoms in total. The molecule has 0 saturated carbocycles. The first-order valence-corrected chi connectivity index (χ1v) is 16.0. The second-order valence-electron chi connectivity index (χ2n) is 10.3. The third kappa shape index (κ3) is 6.73. The standard InChI is InChI=1S/C35H34ClN3O2S/c36-32-23-21-28(22-24-32)25-34(42(37,40)41)20-12-4-11-19-33-26-39(27-38-33)35(29-13-5-1-6-14-29,30-15-7-2-8-16-30)31-17-9-3-10-18-31/h1-3,5-10,13-18,20-24,26-27H,4,11-12,19,25H2,(H2,37,40,41)/b34-20+. The lowest BCUT2D eigenvalue weighted by atomic mass is 9.77. The second-order valence-corrected chi connectivity index (χ2v) is 12.4. The van der Waals surface area contributed by atoms with E-state index in [1.54, 1.807) is 18.2 Å². The van der Waals surface area contributed by atoms with Crippen LogP contribution in [-0.4, -0.2) is 18.0 Å². The fourth-order valence-corrected chi connectivity index (χ4v) is 6.31. The quantitative estimate of drug-likeness (QED) is 0.120. The van der Waals surface area contributed by atoms with Crippen molar-refractivity contribution >= 4 is 21.6 Å². The maximum atomic E-state index is 12.2. The Hall–Kier alpha value is -3.97. The zero-order chi connectivity index (χ0) is 29.4. The maximum absolute atomic E-state index is 12.2. The lowest BCUT2D eigenvalue weighted by Gasteiger charge is -2.37. The Morgan fingerprint density at radius 2 is 1.31 bits per heavy atom. The normalized spacial score (nSPS) is 12.4. The predicted octanol–water partition coefficient (Wildman–Crippen LogP) is 7.50. The second kappa shape index (κ2) is 13.3. The fourth-order valence-electron chi connectivity index (χ4n) is 5.47. The van der Waals surface area contributed by atoms with Crippen LogP contribution in [0, 0.1) is 0 Å². The molecule has 0 aliphatic rings. The molecule has 2 N–H and O–H groups in total. The molecule has 5 rings (SSSR count). The monoisotopic (exact) mass is 595 g/mol. The molecular formula is C35H34ClN3O2S. The third-order valence-electron chi connectivity index (χ3n) is 7.51. The molecule has 0 atom stereocenters. The summed E-state index contributed by atoms with van der Waals surface area (Å²) in [5.41, 5.74) is 4.68. The average Bonchev–Trinajstić information content (AvgIpc) is 3.48. The van der Waals surface area contributed by atoms with Gasteiger partial charge in [-0.15, -0.1) is 0 Å². The Labute approximate surface area is 253 Å². The van der Waals surface area contributed by atoms with Crippen LogP contribution in [0.4, 0.5) is 0 Å². The molecule has 42 heavy (non-hydrogen) atoms. The van der Waals surface area contributed by atoms with Crippen molar-refractivity contribution in [2.24, 2.45) is 5.14 Å². The van der Waals surface area contributed by atoms with Gasteiger partial charge >= 0.3 is 0 Å². The highest BCUT2D eigenvalue weighted by atomic mass is 35.5. The van der Waals surface area contributed by atoms with E-state index >= 15 is 0 Å². The average molecular weight is 596 g/mol. The van der Waals surface area contributed by atoms with Gasteiger partial charge in [-0.25, -0.2) is 18.5 Å². The van der Waals surface area contributed by atoms with Crippen LogP contribution in [0.25, 0.3) is 0 Å². The molecule has 5 aromatic rings. The number of rotatable bonds is 12. The van der Waals surface area contributed by atoms with Gasteiger partial charge in [-0.05, 0) is 60.1 Å². The maximum Gasteiger partial charge on any atom is 0.234 e. The van der Waals surface area contributed by atoms with Gasteiger partial charge in [-0.1, -0.05) is 121 Å². The summed E-state index contributed by atoms with van der Waals surface area (Å²) < 4.78 is 26.6. The van der Waals surface area contributed by atoms with Crippen LogP contribution in [0.3, 0.4) is 0 Å². The van der Waals surface area contributed by atoms with Crippen LogP contribution in [-0.2, 0) is 28.4 Å². The zero-order valence-electron chi connectivity index (χ0n) is 23.3. The fraction of sp³-hybridized carbons (Fsp3) is 0.171. The minimum atomic E-state index is -3.79. The van der Waals surface area contributed by atoms with Crippen molar-refractivity contribution in [2.45, 2.75) is 37.6 Å². The number of aromatic nitrogens is 2. The minimum absolute atomic E-state index is 0.229. The van der Waals surface area contributed by atoms with Gasteiger partial charge in [-0.2, -0.15) is 0 Å². The first kappa shape index (κ1) is 29.5. The molecule has 7 heteroatoms. The van der Waals surface area contributed by atoms with Crippen LogP contribution in [0.1, 0.15) is 47.2 Å². The molecule has 0 fully saturated rings. The van der Waals surface area contributed by atoms with Crippen LogP contribution in [0.5, 0.6) is 0 Å². The highest BCUT2D eigenvalue weighted by Crippen LogP contribution is 2.40. The summed E-state index contributed by atoms with van der Waals surface area (Å²) in [6.45, 7) is 0. The molecular weight excluding hydrogens is 562 g/mol. The first-order chi connectivity index (χ1) is 20.4. The van der Waals surface area contributed by atoms with E-state index in [0.717, 1.165) is 47.2 Å². The van der Waals surface area contributed by atoms with Gasteiger partial charge in [0.2, 0.25) is 10.0 Å². The van der Waals surface area contributed by atoms with E-state index in [4.69, 9.17) is 21.7 Å². The van der Waals surface area contributed by atoms with Crippen molar-refractivity contribution in [3.05, 3.63) is 172 Å². The predicted molar refractivity (Wildman–Crippen MR) is 171 cm³/mol. The van der Waals surface area contributed by atoms with E-state index in [2.05, 4.69) is 83.6 Å². The molecule has 1 aromatic heterocycles. The lowest BCUT2D eigenvalue weighted by Crippen LogP contribution is -2.36. The largest absolute Gasteiger partial charge is 0.319 e. The number of halogens is 1. The van der Waals surface area contributed by atoms with Crippen molar-refractivity contribution in [3.63, 3.8) is 0 Å². The molecule has 0 bridgehead atoms. The number of hydrogen-bond donors (Lipinski definition) is 1. The van der Waals surface area contributed by atoms with Crippen molar-refractivity contribution in [3.8, 4) is 0 Å². The molecule has 0 spiro atoms. The zero-order valence-corrected chi connectivity index (χ0v) is 24.9. The van der Waals surface area contributed by atoms with Gasteiger partial charge < -0.3 is 4.57 Å². The Kier molecular flexibility index (Phi) is 9.38. The Balaban J connectivity index is 1.36. The smallest absolute Gasteiger partial charge is 0.234 e. The van der Waals surface area contributed by atoms with Crippen molar-refractivity contribution in [2.75, 3.05) is 0 Å². The number of aryl methyl sites for hydroxylation is 1. The minimum Gasteiger partial charge on any atom is -0.319 e. The van der Waals surface area contributed by atoms with Crippen LogP contribution >= 0.6 is 11.6 Å². The van der Waals surface area contributed by atoms with E-state index in [0.29, 0.717) is 11.4 Å². The van der Waals surface area contributed by atoms with Crippen LogP contribution in [0.2, 0.25) is 5.02 Å². The molecule has 1 heterocycles. The van der Waals surface area contributed by atoms with E-state index in [1.807, 2.05) is 36.7 Å². The summed E-state index contributed by atoms with van der Waals surface area (Å²) in [6.07, 6.45) is 9.12. The summed E-state index contributed by atoms with van der Waals surface area (Å²) in [5, 5.41) is 6.12. The van der Waals surface area contributed by atoms with Gasteiger partial charge in [0.1, 0.15) is 5.54 Å². The first-order valence-electron chi connectivity index (χ1n) is 14.0. The topological polar surface area (TPSA) is 78.0 Å². The van der Waals surface area contributed by atoms with Gasteiger partial charge in [0.05, 0.1) is 16.9 Å². The van der Waals surface area contributed by atoms with Gasteiger partial charge in [0, 0.05) is 17.6 Å². The number of nitrogens with two attached hydrogens (primary N) is 1. The highest BCUT2D eigenvalue weighted by molar-refractivity contribution is 7.93. The van der Waals surface area contributed by atoms with Crippen molar-refractivity contribution in [1.29, 1.82) is 0 Å². The molecule has 214 valence electrons. The number of sulfonamides is 1. The van der Waals surface area contributed by atoms with Gasteiger partial charge in [0.15, 0.2) is 0 Å². The summed E-state index contributed by atoms with van der Waals surface area (Å²) in [6, 6.07) is 38.7. The highest BCUT2D eigenvalue weighted by Gasteiger charge is 2.38. The Morgan fingerprint density at radius 3 is 1.81 bits per heavy atom. The number of imidazole rings is 1. The van der Waals surface area contributed by atoms with Crippen LogP contribution < -0.4 is 5.14 Å². The van der Waals surface area contributed by atoms with E-state index < -0.39 is 15.6 Å². The Morgan fingerprint density at radius 1 is 0.786 bits per heavy atom. The number of unbranched alkanes of at least 4 members (excludes halogenated alkanes) is 2. The van der Waals surface area contributed by atoms with Gasteiger partial charge in [0.25, 0.3) is 0 Å². The van der Waals surface area contributed by atoms with E-state index in [-0.39, 0.29) is 11.3 Å². The molecule has 0 aliphatic carbocycles. The molecule has 4 aromatic carbocycles. The number of primary sulfonamides is 1. The number of nitrogens with zero attached hydrogens (tertiary/aromatic N) is 2. The summed E-state index contributed by atoms with van der Waals surface area (Å²) in [5.74, 6) is 0. The number of benzene rings is 4. The summed E-state index contributed by atoms with van der Waals surface area (Å²) in [7, 11) is -3.79. The molecule has 0 saturated heterocycles. The summed E-state index contributed by atoms with van der Waals surface area (Å²) in [4.78, 5) is 5.04. The van der Waals surface area contributed by atoms with E-state index in [9.17, 15) is 8.42 Å². The number of allylic oxidation sites excluding steroid dienone is 2. The summed E-state index contributed by atoms with van der Waals surface area (Å²) >= 11 is 5.96. The Bertz CT molecular complexity index is 1620. The van der Waals surface area contributed by atoms with Crippen LogP contribution in [0.15, 0.2) is 139 Å². The van der Waals surface area contributed by atoms with E-state index in [1.165, 1.54) is 0 Å². The van der Waals surface area contributed by atoms with Crippen molar-refractivity contribution < 1.29 is 8.42 Å². The van der Waals surface area contributed by atoms with Crippen molar-refractivity contribution in [1.82, 2.24) is 9.55 Å². The molecule has 0 radical (unpaired) electrons. The molecule has 0 unspecified atom stereocenters. The SMILES string of the molecule is NS(=O)(=O)/C(=C/CCCCc1cn(C(c2ccccc2)(c2ccccc2)c2ccccc2)cn1)Cc1ccc(Cl)cc1. The van der Waals surface area contributed by atoms with Gasteiger partial charge in [-0.3, -0.25) is 0 Å². The third-order valence-corrected chi connectivity index (χ3v) is 8.81.